The van der Waals surface area contributed by atoms with Crippen molar-refractivity contribution in [3.8, 4) is 11.4 Å². The van der Waals surface area contributed by atoms with Crippen LogP contribution in [-0.2, 0) is 4.79 Å². The monoisotopic (exact) mass is 435 g/mol. The number of aromatic nitrogens is 2. The number of carbonyl (C=O) groups is 1. The van der Waals surface area contributed by atoms with E-state index in [9.17, 15) is 9.59 Å². The van der Waals surface area contributed by atoms with E-state index in [1.807, 2.05) is 75.1 Å². The molecule has 170 valence electrons. The Balaban J connectivity index is 2.20. The lowest BCUT2D eigenvalue weighted by Crippen LogP contribution is -2.40. The van der Waals surface area contributed by atoms with Crippen LogP contribution in [0.15, 0.2) is 53.3 Å². The molecule has 1 amide bonds. The zero-order chi connectivity index (χ0) is 23.3. The van der Waals surface area contributed by atoms with Crippen molar-refractivity contribution in [2.24, 2.45) is 5.92 Å². The van der Waals surface area contributed by atoms with Gasteiger partial charge in [0.2, 0.25) is 5.91 Å². The highest BCUT2D eigenvalue weighted by molar-refractivity contribution is 5.79. The molecule has 3 rings (SSSR count). The third-order valence-electron chi connectivity index (χ3n) is 5.58. The van der Waals surface area contributed by atoms with E-state index in [0.717, 1.165) is 18.6 Å². The van der Waals surface area contributed by atoms with E-state index in [-0.39, 0.29) is 23.4 Å². The molecule has 0 saturated carbocycles. The van der Waals surface area contributed by atoms with E-state index >= 15 is 0 Å². The maximum Gasteiger partial charge on any atom is 0.266 e. The summed E-state index contributed by atoms with van der Waals surface area (Å²) in [5, 5.41) is 0.549. The Hall–Kier alpha value is -3.15. The number of amides is 1. The van der Waals surface area contributed by atoms with Crippen molar-refractivity contribution in [3.63, 3.8) is 0 Å². The fourth-order valence-electron chi connectivity index (χ4n) is 3.83. The van der Waals surface area contributed by atoms with Crippen molar-refractivity contribution in [1.29, 1.82) is 0 Å². The summed E-state index contributed by atoms with van der Waals surface area (Å²) in [7, 11) is 0. The molecule has 0 aliphatic carbocycles. The molecular formula is C26H33N3O3. The predicted molar refractivity (Wildman–Crippen MR) is 128 cm³/mol. The number of nitrogens with zero attached hydrogens (tertiary/aromatic N) is 3. The molecule has 32 heavy (non-hydrogen) atoms. The van der Waals surface area contributed by atoms with Gasteiger partial charge in [0.25, 0.3) is 5.56 Å². The zero-order valence-corrected chi connectivity index (χ0v) is 19.7. The molecule has 0 saturated heterocycles. The highest BCUT2D eigenvalue weighted by Crippen LogP contribution is 2.25. The standard InChI is InChI=1S/C26H33N3O3/c1-6-8-17-28(25(30)18(3)4)19(5)24-27-23-12-10-9-11-22(23)26(31)29(24)20-13-15-21(16-14-20)32-7-2/h9-16,18-19H,6-8,17H2,1-5H3. The number of fused-ring (bicyclic) bond motifs is 1. The SMILES string of the molecule is CCCCN(C(=O)C(C)C)C(C)c1nc2ccccc2c(=O)n1-c1ccc(OCC)cc1. The van der Waals surface area contributed by atoms with Gasteiger partial charge in [-0.05, 0) is 56.7 Å². The molecule has 6 heteroatoms. The highest BCUT2D eigenvalue weighted by atomic mass is 16.5. The molecular weight excluding hydrogens is 402 g/mol. The molecule has 0 radical (unpaired) electrons. The maximum atomic E-state index is 13.6. The first-order valence-corrected chi connectivity index (χ1v) is 11.4. The van der Waals surface area contributed by atoms with Gasteiger partial charge in [-0.15, -0.1) is 0 Å². The van der Waals surface area contributed by atoms with Crippen LogP contribution in [0.5, 0.6) is 5.75 Å². The number of rotatable bonds is 9. The second-order valence-electron chi connectivity index (χ2n) is 8.27. The Morgan fingerprint density at radius 3 is 2.38 bits per heavy atom. The molecule has 1 aromatic heterocycles. The Kier molecular flexibility index (Phi) is 7.67. The van der Waals surface area contributed by atoms with E-state index in [1.165, 1.54) is 0 Å². The lowest BCUT2D eigenvalue weighted by Gasteiger charge is -2.32. The molecule has 1 heterocycles. The van der Waals surface area contributed by atoms with Crippen molar-refractivity contribution in [2.75, 3.05) is 13.2 Å². The summed E-state index contributed by atoms with van der Waals surface area (Å²) in [6, 6.07) is 14.4. The Labute approximate surface area is 189 Å². The van der Waals surface area contributed by atoms with E-state index in [0.29, 0.717) is 35.6 Å². The van der Waals surface area contributed by atoms with Crippen LogP contribution in [0.25, 0.3) is 16.6 Å². The van der Waals surface area contributed by atoms with Crippen LogP contribution in [0.4, 0.5) is 0 Å². The topological polar surface area (TPSA) is 64.4 Å². The Morgan fingerprint density at radius 1 is 1.06 bits per heavy atom. The fourth-order valence-corrected chi connectivity index (χ4v) is 3.83. The molecule has 0 bridgehead atoms. The van der Waals surface area contributed by atoms with Gasteiger partial charge >= 0.3 is 0 Å². The molecule has 0 spiro atoms. The van der Waals surface area contributed by atoms with Crippen molar-refractivity contribution in [3.05, 3.63) is 64.7 Å². The van der Waals surface area contributed by atoms with Crippen molar-refractivity contribution in [2.45, 2.75) is 53.5 Å². The molecule has 1 unspecified atom stereocenters. The van der Waals surface area contributed by atoms with Crippen molar-refractivity contribution in [1.82, 2.24) is 14.5 Å². The maximum absolute atomic E-state index is 13.6. The van der Waals surface area contributed by atoms with Gasteiger partial charge in [-0.25, -0.2) is 4.98 Å². The van der Waals surface area contributed by atoms with Crippen LogP contribution < -0.4 is 10.3 Å². The second kappa shape index (κ2) is 10.4. The first kappa shape index (κ1) is 23.5. The summed E-state index contributed by atoms with van der Waals surface area (Å²) in [5.41, 5.74) is 1.19. The number of ether oxygens (including phenoxy) is 1. The third kappa shape index (κ3) is 4.85. The normalized spacial score (nSPS) is 12.2. The average Bonchev–Trinajstić information content (AvgIpc) is 2.80. The van der Waals surface area contributed by atoms with Gasteiger partial charge in [0.15, 0.2) is 0 Å². The predicted octanol–water partition coefficient (Wildman–Crippen LogP) is 5.13. The summed E-state index contributed by atoms with van der Waals surface area (Å²) in [6.45, 7) is 11.0. The highest BCUT2D eigenvalue weighted by Gasteiger charge is 2.27. The molecule has 6 nitrogen and oxygen atoms in total. The van der Waals surface area contributed by atoms with Gasteiger partial charge in [-0.2, -0.15) is 0 Å². The van der Waals surface area contributed by atoms with E-state index in [2.05, 4.69) is 6.92 Å². The quantitative estimate of drug-likeness (QED) is 0.467. The molecule has 2 aromatic carbocycles. The van der Waals surface area contributed by atoms with Crippen LogP contribution in [0, 0.1) is 5.92 Å². The molecule has 0 aliphatic heterocycles. The van der Waals surface area contributed by atoms with E-state index in [4.69, 9.17) is 9.72 Å². The fraction of sp³-hybridized carbons (Fsp3) is 0.423. The molecule has 1 atom stereocenters. The van der Waals surface area contributed by atoms with Crippen LogP contribution >= 0.6 is 0 Å². The van der Waals surface area contributed by atoms with Crippen molar-refractivity contribution >= 4 is 16.8 Å². The smallest absolute Gasteiger partial charge is 0.266 e. The van der Waals surface area contributed by atoms with Gasteiger partial charge in [0.1, 0.15) is 11.6 Å². The minimum Gasteiger partial charge on any atom is -0.494 e. The van der Waals surface area contributed by atoms with Gasteiger partial charge in [-0.3, -0.25) is 14.2 Å². The number of hydrogen-bond donors (Lipinski definition) is 0. The largest absolute Gasteiger partial charge is 0.494 e. The summed E-state index contributed by atoms with van der Waals surface area (Å²) in [4.78, 5) is 33.4. The summed E-state index contributed by atoms with van der Waals surface area (Å²) < 4.78 is 7.19. The number of hydrogen-bond acceptors (Lipinski definition) is 4. The van der Waals surface area contributed by atoms with E-state index in [1.54, 1.807) is 10.6 Å². The number of carbonyl (C=O) groups excluding carboxylic acids is 1. The molecule has 0 N–H and O–H groups in total. The van der Waals surface area contributed by atoms with Gasteiger partial charge in [-0.1, -0.05) is 39.3 Å². The number of para-hydroxylation sites is 1. The lowest BCUT2D eigenvalue weighted by atomic mass is 10.1. The summed E-state index contributed by atoms with van der Waals surface area (Å²) in [6.07, 6.45) is 1.87. The number of unbranched alkanes of at least 4 members (excludes halogenated alkanes) is 1. The molecule has 0 aliphatic rings. The average molecular weight is 436 g/mol. The summed E-state index contributed by atoms with van der Waals surface area (Å²) >= 11 is 0. The first-order chi connectivity index (χ1) is 15.4. The zero-order valence-electron chi connectivity index (χ0n) is 19.7. The van der Waals surface area contributed by atoms with Gasteiger partial charge in [0, 0.05) is 12.5 Å². The van der Waals surface area contributed by atoms with Crippen LogP contribution in [0.1, 0.15) is 59.3 Å². The van der Waals surface area contributed by atoms with Gasteiger partial charge in [0.05, 0.1) is 29.2 Å². The first-order valence-electron chi connectivity index (χ1n) is 11.4. The molecule has 0 fully saturated rings. The van der Waals surface area contributed by atoms with Gasteiger partial charge < -0.3 is 9.64 Å². The van der Waals surface area contributed by atoms with E-state index < -0.39 is 0 Å². The Bertz CT molecular complexity index is 1120. The summed E-state index contributed by atoms with van der Waals surface area (Å²) in [5.74, 6) is 1.22. The third-order valence-corrected chi connectivity index (χ3v) is 5.58. The minimum atomic E-state index is -0.361. The van der Waals surface area contributed by atoms with Crippen LogP contribution in [-0.4, -0.2) is 33.5 Å². The van der Waals surface area contributed by atoms with Crippen LogP contribution in [0.3, 0.4) is 0 Å². The lowest BCUT2D eigenvalue weighted by molar-refractivity contribution is -0.137. The van der Waals surface area contributed by atoms with Crippen molar-refractivity contribution < 1.29 is 9.53 Å². The number of benzene rings is 2. The van der Waals surface area contributed by atoms with Crippen LogP contribution in [0.2, 0.25) is 0 Å². The molecule has 3 aromatic rings. The second-order valence-corrected chi connectivity index (χ2v) is 8.27. The Morgan fingerprint density at radius 2 is 1.75 bits per heavy atom. The minimum absolute atomic E-state index is 0.0617.